The lowest BCUT2D eigenvalue weighted by Crippen LogP contribution is -2.64. The van der Waals surface area contributed by atoms with Gasteiger partial charge in [0.25, 0.3) is 5.91 Å². The van der Waals surface area contributed by atoms with Crippen molar-refractivity contribution in [2.75, 3.05) is 7.05 Å². The molecule has 0 aromatic heterocycles. The van der Waals surface area contributed by atoms with E-state index in [2.05, 4.69) is 16.0 Å². The van der Waals surface area contributed by atoms with Crippen molar-refractivity contribution in [3.05, 3.63) is 64.5 Å². The topological polar surface area (TPSA) is 148 Å². The number of halogens is 5. The highest BCUT2D eigenvalue weighted by molar-refractivity contribution is 6.00. The number of phenols is 1. The Labute approximate surface area is 256 Å². The van der Waals surface area contributed by atoms with Crippen LogP contribution in [0.2, 0.25) is 0 Å². The van der Waals surface area contributed by atoms with Crippen molar-refractivity contribution in [3.63, 3.8) is 0 Å². The van der Waals surface area contributed by atoms with Gasteiger partial charge in [-0.3, -0.25) is 19.2 Å². The Morgan fingerprint density at radius 3 is 2.04 bits per heavy atom. The zero-order valence-electron chi connectivity index (χ0n) is 25.1. The predicted octanol–water partition coefficient (Wildman–Crippen LogP) is 2.30. The first kappa shape index (κ1) is 35.2. The number of carbonyl (C=O) groups excluding carboxylic acids is 4. The van der Waals surface area contributed by atoms with Gasteiger partial charge in [0.2, 0.25) is 23.5 Å². The smallest absolute Gasteiger partial charge is 0.255 e. The number of rotatable bonds is 6. The van der Waals surface area contributed by atoms with Crippen LogP contribution in [-0.4, -0.2) is 76.1 Å². The summed E-state index contributed by atoms with van der Waals surface area (Å²) >= 11 is 0. The van der Waals surface area contributed by atoms with Crippen molar-refractivity contribution < 1.29 is 51.3 Å². The number of aromatic hydroxyl groups is 1. The van der Waals surface area contributed by atoms with Gasteiger partial charge in [-0.05, 0) is 31.4 Å². The molecule has 0 radical (unpaired) electrons. The molecule has 1 heterocycles. The zero-order chi connectivity index (χ0) is 33.9. The minimum absolute atomic E-state index is 0.124. The summed E-state index contributed by atoms with van der Waals surface area (Å²) in [6.07, 6.45) is -3.00. The summed E-state index contributed by atoms with van der Waals surface area (Å²) < 4.78 is 71.2. The predicted molar refractivity (Wildman–Crippen MR) is 150 cm³/mol. The minimum atomic E-state index is -2.41. The SMILES string of the molecule is CC(C)CC1C(=O)N[C@H](C)[C@H](NC(=O)c2ccccc2O)C(=O)N[C@@H](Cc2c(F)c(F)c(F)c(F)c2F)[C@@H](O)[C@@H](C)C(=O)N1C. The molecule has 1 fully saturated rings. The second-order valence-electron chi connectivity index (χ2n) is 11.5. The number of nitrogens with one attached hydrogen (secondary N) is 3. The first-order chi connectivity index (χ1) is 21.0. The molecule has 3 rings (SSSR count). The fourth-order valence-corrected chi connectivity index (χ4v) is 5.14. The monoisotopic (exact) mass is 642 g/mol. The fourth-order valence-electron chi connectivity index (χ4n) is 5.14. The van der Waals surface area contributed by atoms with Gasteiger partial charge in [-0.25, -0.2) is 22.0 Å². The van der Waals surface area contributed by atoms with Crippen LogP contribution in [0.1, 0.15) is 50.0 Å². The van der Waals surface area contributed by atoms with Gasteiger partial charge in [-0.2, -0.15) is 0 Å². The van der Waals surface area contributed by atoms with Crippen molar-refractivity contribution in [2.45, 2.75) is 70.8 Å². The van der Waals surface area contributed by atoms with Crippen molar-refractivity contribution in [1.29, 1.82) is 0 Å². The maximum Gasteiger partial charge on any atom is 0.255 e. The molecule has 1 unspecified atom stereocenters. The van der Waals surface area contributed by atoms with Crippen LogP contribution < -0.4 is 16.0 Å². The summed E-state index contributed by atoms with van der Waals surface area (Å²) in [6.45, 7) is 6.11. The molecule has 0 bridgehead atoms. The Morgan fingerprint density at radius 1 is 0.933 bits per heavy atom. The number of benzene rings is 2. The fraction of sp³-hybridized carbons (Fsp3) is 0.467. The molecule has 4 amide bonds. The summed E-state index contributed by atoms with van der Waals surface area (Å²) in [7, 11) is 1.30. The molecular formula is C30H35F5N4O6. The average molecular weight is 643 g/mol. The second-order valence-corrected chi connectivity index (χ2v) is 11.5. The number of aliphatic hydroxyl groups excluding tert-OH is 1. The third-order valence-electron chi connectivity index (χ3n) is 7.77. The third-order valence-corrected chi connectivity index (χ3v) is 7.77. The van der Waals surface area contributed by atoms with Crippen LogP contribution in [0.25, 0.3) is 0 Å². The van der Waals surface area contributed by atoms with E-state index in [0.717, 1.165) is 4.90 Å². The van der Waals surface area contributed by atoms with Crippen molar-refractivity contribution in [1.82, 2.24) is 20.9 Å². The van der Waals surface area contributed by atoms with Crippen LogP contribution in [0.4, 0.5) is 22.0 Å². The number of likely N-dealkylation sites (N-methyl/N-ethyl adjacent to an activating group) is 1. The third kappa shape index (κ3) is 7.52. The number of nitrogens with zero attached hydrogens (tertiary/aromatic N) is 1. The highest BCUT2D eigenvalue weighted by Gasteiger charge is 2.41. The molecule has 1 aliphatic heterocycles. The largest absolute Gasteiger partial charge is 0.507 e. The van der Waals surface area contributed by atoms with E-state index in [-0.39, 0.29) is 17.9 Å². The highest BCUT2D eigenvalue weighted by Crippen LogP contribution is 2.27. The number of phenolic OH excluding ortho intramolecular Hbond substituents is 1. The zero-order valence-corrected chi connectivity index (χ0v) is 25.1. The Bertz CT molecular complexity index is 1450. The van der Waals surface area contributed by atoms with Gasteiger partial charge in [0.05, 0.1) is 29.7 Å². The van der Waals surface area contributed by atoms with E-state index in [1.165, 1.54) is 45.2 Å². The van der Waals surface area contributed by atoms with Gasteiger partial charge in [-0.15, -0.1) is 0 Å². The first-order valence-electron chi connectivity index (χ1n) is 14.1. The maximum absolute atomic E-state index is 14.7. The van der Waals surface area contributed by atoms with Crippen LogP contribution in [0.3, 0.4) is 0 Å². The van der Waals surface area contributed by atoms with Crippen LogP contribution in [0, 0.1) is 40.9 Å². The second kappa shape index (κ2) is 14.2. The number of hydrogen-bond acceptors (Lipinski definition) is 6. The van der Waals surface area contributed by atoms with E-state index in [4.69, 9.17) is 0 Å². The number of hydrogen-bond donors (Lipinski definition) is 5. The molecule has 1 saturated heterocycles. The van der Waals surface area contributed by atoms with Gasteiger partial charge in [0, 0.05) is 19.0 Å². The molecule has 6 atom stereocenters. The van der Waals surface area contributed by atoms with Crippen molar-refractivity contribution in [2.24, 2.45) is 11.8 Å². The molecule has 5 N–H and O–H groups in total. The molecule has 10 nitrogen and oxygen atoms in total. The lowest BCUT2D eigenvalue weighted by atomic mass is 9.89. The van der Waals surface area contributed by atoms with E-state index in [0.29, 0.717) is 0 Å². The van der Waals surface area contributed by atoms with Gasteiger partial charge in [-0.1, -0.05) is 32.9 Å². The molecule has 0 aliphatic carbocycles. The summed E-state index contributed by atoms with van der Waals surface area (Å²) in [6, 6.07) is -0.523. The molecule has 0 spiro atoms. The van der Waals surface area contributed by atoms with Crippen LogP contribution in [0.15, 0.2) is 24.3 Å². The van der Waals surface area contributed by atoms with Gasteiger partial charge >= 0.3 is 0 Å². The highest BCUT2D eigenvalue weighted by atomic mass is 19.2. The Hall–Kier alpha value is -4.27. The quantitative estimate of drug-likeness (QED) is 0.186. The molecule has 1 aliphatic rings. The summed E-state index contributed by atoms with van der Waals surface area (Å²) in [5.41, 5.74) is -1.60. The van der Waals surface area contributed by atoms with Crippen LogP contribution in [0.5, 0.6) is 5.75 Å². The minimum Gasteiger partial charge on any atom is -0.507 e. The maximum atomic E-state index is 14.7. The number of amides is 4. The molecule has 2 aromatic rings. The Kier molecular flexibility index (Phi) is 11.1. The van der Waals surface area contributed by atoms with E-state index >= 15 is 0 Å². The van der Waals surface area contributed by atoms with Gasteiger partial charge < -0.3 is 31.1 Å². The van der Waals surface area contributed by atoms with E-state index in [1.807, 2.05) is 0 Å². The number of para-hydroxylation sites is 1. The van der Waals surface area contributed by atoms with Crippen LogP contribution in [-0.2, 0) is 20.8 Å². The lowest BCUT2D eigenvalue weighted by molar-refractivity contribution is -0.146. The Morgan fingerprint density at radius 2 is 1.49 bits per heavy atom. The summed E-state index contributed by atoms with van der Waals surface area (Å²) in [5.74, 6) is -16.9. The summed E-state index contributed by atoms with van der Waals surface area (Å²) in [5, 5.41) is 28.6. The molecular weight excluding hydrogens is 607 g/mol. The van der Waals surface area contributed by atoms with E-state index < -0.39 is 107 Å². The number of aliphatic hydroxyl groups is 1. The molecule has 45 heavy (non-hydrogen) atoms. The van der Waals surface area contributed by atoms with Gasteiger partial charge in [0.1, 0.15) is 17.8 Å². The standard InChI is InChI=1S/C30H35F5N4O6/c1-12(2)10-18-28(43)36-14(4)25(38-27(42)15-8-6-7-9-19(15)40)29(44)37-17(26(41)13(3)30(45)39(18)5)11-16-20(31)22(33)24(35)23(34)21(16)32/h6-9,12-14,17-18,25-26,40-41H,10-11H2,1-5H3,(H,36,43)(H,37,44)(H,38,42)/t13-,14-,17+,18?,25+,26+/m1/s1. The van der Waals surface area contributed by atoms with Crippen LogP contribution >= 0.6 is 0 Å². The first-order valence-corrected chi connectivity index (χ1v) is 14.1. The Balaban J connectivity index is 2.14. The molecule has 15 heteroatoms. The van der Waals surface area contributed by atoms with Crippen molar-refractivity contribution >= 4 is 23.6 Å². The number of carbonyl (C=O) groups is 4. The molecule has 246 valence electrons. The van der Waals surface area contributed by atoms with E-state index in [1.54, 1.807) is 13.8 Å². The molecule has 2 aromatic carbocycles. The van der Waals surface area contributed by atoms with Gasteiger partial charge in [0.15, 0.2) is 23.3 Å². The van der Waals surface area contributed by atoms with E-state index in [9.17, 15) is 51.3 Å². The average Bonchev–Trinajstić information content (AvgIpc) is 2.99. The summed E-state index contributed by atoms with van der Waals surface area (Å²) in [4.78, 5) is 54.7. The molecule has 0 saturated carbocycles. The van der Waals surface area contributed by atoms with Crippen molar-refractivity contribution in [3.8, 4) is 5.75 Å². The normalized spacial score (nSPS) is 24.9. The lowest BCUT2D eigenvalue weighted by Gasteiger charge is -2.37.